The summed E-state index contributed by atoms with van der Waals surface area (Å²) in [5, 5.41) is 11.9. The number of rotatable bonds is 6. The van der Waals surface area contributed by atoms with E-state index in [1.807, 2.05) is 6.08 Å². The van der Waals surface area contributed by atoms with E-state index in [1.54, 1.807) is 25.3 Å². The second-order valence-corrected chi connectivity index (χ2v) is 8.66. The Morgan fingerprint density at radius 3 is 2.48 bits per heavy atom. The minimum absolute atomic E-state index is 0. The van der Waals surface area contributed by atoms with E-state index in [9.17, 15) is 13.5 Å². The Morgan fingerprint density at radius 1 is 1.24 bits per heavy atom. The number of pyridine rings is 1. The summed E-state index contributed by atoms with van der Waals surface area (Å²) in [6.45, 7) is 5.67. The SMILES string of the molecule is C=C[C@H]1CN2CC[C@H]1C[C@@H]2[C@@H](O)c1cc(OS(=O)(=O)O)nc2ccc(OC)cc12.O.O.O.O. The van der Waals surface area contributed by atoms with Crippen molar-refractivity contribution < 1.29 is 48.9 Å². The molecule has 12 nitrogen and oxygen atoms in total. The molecule has 10 N–H and O–H groups in total. The van der Waals surface area contributed by atoms with Gasteiger partial charge >= 0.3 is 10.4 Å². The molecular formula is C20H32N2O10S. The Bertz CT molecular complexity index is 1050. The van der Waals surface area contributed by atoms with Gasteiger partial charge in [-0.1, -0.05) is 6.08 Å². The summed E-state index contributed by atoms with van der Waals surface area (Å²) in [4.78, 5) is 6.40. The zero-order valence-corrected chi connectivity index (χ0v) is 18.9. The van der Waals surface area contributed by atoms with E-state index in [0.29, 0.717) is 34.1 Å². The van der Waals surface area contributed by atoms with Crippen LogP contribution in [0.5, 0.6) is 11.6 Å². The first-order valence-electron chi connectivity index (χ1n) is 9.49. The van der Waals surface area contributed by atoms with E-state index < -0.39 is 16.5 Å². The van der Waals surface area contributed by atoms with Crippen LogP contribution < -0.4 is 8.92 Å². The molecule has 1 unspecified atom stereocenters. The highest BCUT2D eigenvalue weighted by Crippen LogP contribution is 2.42. The molecule has 0 amide bonds. The van der Waals surface area contributed by atoms with Gasteiger partial charge in [0.05, 0.1) is 18.7 Å². The average Bonchev–Trinajstić information content (AvgIpc) is 2.71. The van der Waals surface area contributed by atoms with Gasteiger partial charge in [-0.15, -0.1) is 6.58 Å². The molecule has 3 aliphatic rings. The third-order valence-corrected chi connectivity index (χ3v) is 6.43. The number of hydrogen-bond acceptors (Lipinski definition) is 7. The fourth-order valence-electron chi connectivity index (χ4n) is 4.64. The summed E-state index contributed by atoms with van der Waals surface area (Å²) in [5.74, 6) is 1.18. The van der Waals surface area contributed by atoms with Crippen molar-refractivity contribution in [3.8, 4) is 11.6 Å². The van der Waals surface area contributed by atoms with Crippen molar-refractivity contribution in [2.45, 2.75) is 25.0 Å². The standard InChI is InChI=1S/C20H24N2O6S.4H2O/c1-3-12-11-22-7-6-13(12)8-18(22)20(23)16-10-19(28-29(24,25)26)21-17-5-4-14(27-2)9-15(16)17;;;;/h3-5,9-10,12-13,18,20,23H,1,6-8,11H2,2H3,(H,24,25,26);4*1H2/t12-,13-,18+,20-;;;;/m0..../s1. The van der Waals surface area contributed by atoms with Crippen molar-refractivity contribution in [3.63, 3.8) is 0 Å². The normalized spacial score (nSPS) is 24.2. The highest BCUT2D eigenvalue weighted by atomic mass is 32.3. The minimum Gasteiger partial charge on any atom is -0.497 e. The van der Waals surface area contributed by atoms with Crippen molar-refractivity contribution >= 4 is 21.3 Å². The molecule has 3 saturated heterocycles. The first-order chi connectivity index (χ1) is 13.8. The first-order valence-corrected chi connectivity index (χ1v) is 10.9. The van der Waals surface area contributed by atoms with Crippen molar-refractivity contribution in [1.82, 2.24) is 9.88 Å². The van der Waals surface area contributed by atoms with Gasteiger partial charge in [-0.2, -0.15) is 8.42 Å². The lowest BCUT2D eigenvalue weighted by atomic mass is 9.73. The number of aromatic nitrogens is 1. The largest absolute Gasteiger partial charge is 0.497 e. The smallest absolute Gasteiger partial charge is 0.447 e. The van der Waals surface area contributed by atoms with Crippen LogP contribution in [0.4, 0.5) is 0 Å². The highest BCUT2D eigenvalue weighted by Gasteiger charge is 2.42. The van der Waals surface area contributed by atoms with Crippen LogP contribution in [0.25, 0.3) is 10.9 Å². The number of piperidine rings is 3. The third-order valence-electron chi connectivity index (χ3n) is 6.05. The molecule has 5 atom stereocenters. The number of nitrogens with zero attached hydrogens (tertiary/aromatic N) is 2. The second-order valence-electron chi connectivity index (χ2n) is 7.63. The quantitative estimate of drug-likeness (QED) is 0.376. The molecule has 188 valence electrons. The molecule has 33 heavy (non-hydrogen) atoms. The average molecular weight is 493 g/mol. The Balaban J connectivity index is 0.00000256. The molecule has 3 fully saturated rings. The Morgan fingerprint density at radius 2 is 1.94 bits per heavy atom. The molecular weight excluding hydrogens is 460 g/mol. The van der Waals surface area contributed by atoms with Crippen molar-refractivity contribution in [2.75, 3.05) is 20.2 Å². The maximum absolute atomic E-state index is 11.3. The molecule has 0 saturated carbocycles. The molecule has 5 rings (SSSR count). The molecule has 2 aromatic rings. The number of aliphatic hydroxyl groups is 1. The number of hydrogen-bond donors (Lipinski definition) is 2. The lowest BCUT2D eigenvalue weighted by Gasteiger charge is -2.50. The van der Waals surface area contributed by atoms with Crippen molar-refractivity contribution in [1.29, 1.82) is 0 Å². The lowest BCUT2D eigenvalue weighted by Crippen LogP contribution is -2.54. The Kier molecular flexibility index (Phi) is 10.8. The summed E-state index contributed by atoms with van der Waals surface area (Å²) < 4.78 is 41.3. The molecule has 1 aromatic carbocycles. The topological polar surface area (TPSA) is 235 Å². The van der Waals surface area contributed by atoms with E-state index in [-0.39, 0.29) is 33.8 Å². The number of aliphatic hydroxyl groups excluding tert-OH is 1. The van der Waals surface area contributed by atoms with Gasteiger partial charge < -0.3 is 35.9 Å². The lowest BCUT2D eigenvalue weighted by molar-refractivity contribution is -0.0445. The molecule has 4 heterocycles. The molecule has 13 heteroatoms. The molecule has 0 spiro atoms. The van der Waals surface area contributed by atoms with Crippen molar-refractivity contribution in [3.05, 3.63) is 42.5 Å². The van der Waals surface area contributed by atoms with E-state index >= 15 is 0 Å². The van der Waals surface area contributed by atoms with Crippen LogP contribution in [0.2, 0.25) is 0 Å². The number of methoxy groups -OCH3 is 1. The number of benzene rings is 1. The van der Waals surface area contributed by atoms with Crippen LogP contribution in [0.15, 0.2) is 36.9 Å². The van der Waals surface area contributed by atoms with Crippen LogP contribution in [0, 0.1) is 11.8 Å². The molecule has 1 aromatic heterocycles. The van der Waals surface area contributed by atoms with Gasteiger partial charge in [0.15, 0.2) is 0 Å². The minimum atomic E-state index is -4.74. The molecule has 0 aliphatic carbocycles. The van der Waals surface area contributed by atoms with E-state index in [4.69, 9.17) is 9.29 Å². The predicted octanol–water partition coefficient (Wildman–Crippen LogP) is -0.944. The summed E-state index contributed by atoms with van der Waals surface area (Å²) in [6.07, 6.45) is 3.00. The van der Waals surface area contributed by atoms with Crippen LogP contribution in [-0.4, -0.2) is 76.1 Å². The summed E-state index contributed by atoms with van der Waals surface area (Å²) in [5.41, 5.74) is 0.918. The van der Waals surface area contributed by atoms with Crippen LogP contribution in [-0.2, 0) is 10.4 Å². The maximum atomic E-state index is 11.3. The number of fused-ring (bicyclic) bond motifs is 4. The first kappa shape index (κ1) is 30.6. The summed E-state index contributed by atoms with van der Waals surface area (Å²) >= 11 is 0. The Hall–Kier alpha value is -2.36. The van der Waals surface area contributed by atoms with Gasteiger partial charge in [0, 0.05) is 24.0 Å². The summed E-state index contributed by atoms with van der Waals surface area (Å²) in [6, 6.07) is 6.35. The van der Waals surface area contributed by atoms with Crippen LogP contribution in [0.3, 0.4) is 0 Å². The predicted molar refractivity (Wildman–Crippen MR) is 122 cm³/mol. The van der Waals surface area contributed by atoms with E-state index in [2.05, 4.69) is 20.6 Å². The van der Waals surface area contributed by atoms with Crippen molar-refractivity contribution in [2.24, 2.45) is 11.8 Å². The second kappa shape index (κ2) is 11.7. The van der Waals surface area contributed by atoms with Gasteiger partial charge in [-0.05, 0) is 55.0 Å². The maximum Gasteiger partial charge on any atom is 0.447 e. The van der Waals surface area contributed by atoms with Gasteiger partial charge in [0.25, 0.3) is 0 Å². The third kappa shape index (κ3) is 6.16. The number of ether oxygens (including phenoxy) is 1. The zero-order valence-electron chi connectivity index (χ0n) is 18.1. The molecule has 3 aliphatic heterocycles. The monoisotopic (exact) mass is 492 g/mol. The fraction of sp³-hybridized carbons (Fsp3) is 0.450. The highest BCUT2D eigenvalue weighted by molar-refractivity contribution is 7.81. The fourth-order valence-corrected chi connectivity index (χ4v) is 4.94. The Labute approximate surface area is 191 Å². The van der Waals surface area contributed by atoms with Crippen LogP contribution in [0.1, 0.15) is 24.5 Å². The van der Waals surface area contributed by atoms with Gasteiger partial charge in [-0.25, -0.2) is 4.98 Å². The van der Waals surface area contributed by atoms with Crippen LogP contribution >= 0.6 is 0 Å². The summed E-state index contributed by atoms with van der Waals surface area (Å²) in [7, 11) is -3.19. The zero-order chi connectivity index (χ0) is 20.8. The van der Waals surface area contributed by atoms with Gasteiger partial charge in [0.2, 0.25) is 5.88 Å². The van der Waals surface area contributed by atoms with Gasteiger partial charge in [-0.3, -0.25) is 9.45 Å². The van der Waals surface area contributed by atoms with E-state index in [1.165, 1.54) is 6.07 Å². The van der Waals surface area contributed by atoms with Gasteiger partial charge in [0.1, 0.15) is 5.75 Å². The van der Waals surface area contributed by atoms with E-state index in [0.717, 1.165) is 25.9 Å². The molecule has 0 radical (unpaired) electrons. The molecule has 2 bridgehead atoms.